The Morgan fingerprint density at radius 2 is 1.68 bits per heavy atom. The molecule has 0 unspecified atom stereocenters. The quantitative estimate of drug-likeness (QED) is 0.490. The summed E-state index contributed by atoms with van der Waals surface area (Å²) in [6.45, 7) is 1.98. The number of nitrogens with zero attached hydrogens (tertiary/aromatic N) is 3. The Labute approximate surface area is 126 Å². The lowest BCUT2D eigenvalue weighted by atomic mass is 10.1. The summed E-state index contributed by atoms with van der Waals surface area (Å²) in [5.74, 6) is 0. The molecule has 1 aliphatic rings. The summed E-state index contributed by atoms with van der Waals surface area (Å²) < 4.78 is 0. The largest absolute Gasteiger partial charge is 0.352 e. The van der Waals surface area contributed by atoms with Gasteiger partial charge >= 0.3 is 0 Å². The first-order chi connectivity index (χ1) is 10.5. The van der Waals surface area contributed by atoms with Gasteiger partial charge in [-0.2, -0.15) is 0 Å². The highest BCUT2D eigenvalue weighted by atomic mass is 16.6. The molecule has 7 heteroatoms. The molecule has 2 aromatic carbocycles. The molecule has 112 valence electrons. The van der Waals surface area contributed by atoms with Crippen molar-refractivity contribution in [1.29, 1.82) is 0 Å². The summed E-state index contributed by atoms with van der Waals surface area (Å²) in [4.78, 5) is 22.7. The molecule has 1 aliphatic heterocycles. The number of benzene rings is 2. The molecule has 1 fully saturated rings. The standard InChI is InChI=1S/C15H13N3O4/c1-10-15(11-5-3-2-4-6-11)16(10)13-8-7-12(17(19)20)9-14(13)18(21)22/h2-10,15H,1H3/t10-,15+,16?/m0/s1. The summed E-state index contributed by atoms with van der Waals surface area (Å²) in [7, 11) is 0. The molecule has 0 spiro atoms. The first kappa shape index (κ1) is 14.0. The third-order valence-corrected chi connectivity index (χ3v) is 3.89. The Bertz CT molecular complexity index is 748. The summed E-state index contributed by atoms with van der Waals surface area (Å²) in [6.07, 6.45) is 0. The van der Waals surface area contributed by atoms with Gasteiger partial charge in [0.25, 0.3) is 11.4 Å². The van der Waals surface area contributed by atoms with E-state index in [1.807, 2.05) is 42.2 Å². The van der Waals surface area contributed by atoms with Gasteiger partial charge < -0.3 is 4.90 Å². The van der Waals surface area contributed by atoms with Crippen molar-refractivity contribution in [1.82, 2.24) is 0 Å². The van der Waals surface area contributed by atoms with Crippen LogP contribution in [0.1, 0.15) is 18.5 Å². The van der Waals surface area contributed by atoms with Crippen molar-refractivity contribution < 1.29 is 9.85 Å². The first-order valence-corrected chi connectivity index (χ1v) is 6.77. The predicted octanol–water partition coefficient (Wildman–Crippen LogP) is 3.45. The fourth-order valence-electron chi connectivity index (χ4n) is 2.80. The minimum atomic E-state index is -0.628. The minimum absolute atomic E-state index is 0.0568. The van der Waals surface area contributed by atoms with Gasteiger partial charge in [-0.05, 0) is 18.6 Å². The van der Waals surface area contributed by atoms with E-state index in [1.165, 1.54) is 12.1 Å². The highest BCUT2D eigenvalue weighted by molar-refractivity contribution is 5.72. The topological polar surface area (TPSA) is 89.3 Å². The summed E-state index contributed by atoms with van der Waals surface area (Å²) >= 11 is 0. The molecule has 22 heavy (non-hydrogen) atoms. The molecule has 2 aromatic rings. The summed E-state index contributed by atoms with van der Waals surface area (Å²) in [5.41, 5.74) is 0.972. The van der Waals surface area contributed by atoms with Gasteiger partial charge in [-0.1, -0.05) is 30.3 Å². The normalized spacial score (nSPS) is 19.8. The van der Waals surface area contributed by atoms with Crippen LogP contribution in [0.15, 0.2) is 48.5 Å². The summed E-state index contributed by atoms with van der Waals surface area (Å²) in [6, 6.07) is 13.6. The van der Waals surface area contributed by atoms with Gasteiger partial charge in [-0.25, -0.2) is 0 Å². The van der Waals surface area contributed by atoms with Gasteiger partial charge in [0.05, 0.1) is 28.0 Å². The molecule has 0 saturated carbocycles. The Morgan fingerprint density at radius 1 is 1.00 bits per heavy atom. The lowest BCUT2D eigenvalue weighted by Crippen LogP contribution is -2.02. The Hall–Kier alpha value is -2.96. The van der Waals surface area contributed by atoms with Crippen LogP contribution in [0.2, 0.25) is 0 Å². The molecule has 2 atom stereocenters. The van der Waals surface area contributed by atoms with Gasteiger partial charge in [-0.15, -0.1) is 0 Å². The highest BCUT2D eigenvalue weighted by Crippen LogP contribution is 2.50. The van der Waals surface area contributed by atoms with Crippen LogP contribution in [0.25, 0.3) is 0 Å². The Morgan fingerprint density at radius 3 is 2.27 bits per heavy atom. The van der Waals surface area contributed by atoms with Crippen molar-refractivity contribution in [3.8, 4) is 0 Å². The highest BCUT2D eigenvalue weighted by Gasteiger charge is 2.47. The van der Waals surface area contributed by atoms with Crippen molar-refractivity contribution in [3.05, 3.63) is 74.3 Å². The maximum Gasteiger partial charge on any atom is 0.299 e. The lowest BCUT2D eigenvalue weighted by Gasteiger charge is -2.07. The Balaban J connectivity index is 1.99. The number of hydrogen-bond donors (Lipinski definition) is 0. The molecule has 0 aliphatic carbocycles. The van der Waals surface area contributed by atoms with Crippen molar-refractivity contribution in [3.63, 3.8) is 0 Å². The van der Waals surface area contributed by atoms with Crippen molar-refractivity contribution >= 4 is 17.1 Å². The van der Waals surface area contributed by atoms with Crippen LogP contribution in [0, 0.1) is 20.2 Å². The van der Waals surface area contributed by atoms with Crippen LogP contribution >= 0.6 is 0 Å². The van der Waals surface area contributed by atoms with Crippen molar-refractivity contribution in [2.45, 2.75) is 19.0 Å². The third kappa shape index (κ3) is 2.26. The fraction of sp³-hybridized carbons (Fsp3) is 0.200. The van der Waals surface area contributed by atoms with E-state index in [4.69, 9.17) is 0 Å². The molecule has 3 rings (SSSR count). The minimum Gasteiger partial charge on any atom is -0.352 e. The lowest BCUT2D eigenvalue weighted by molar-refractivity contribution is -0.393. The van der Waals surface area contributed by atoms with Gasteiger partial charge in [0.15, 0.2) is 0 Å². The molecule has 0 N–H and O–H groups in total. The van der Waals surface area contributed by atoms with Crippen molar-refractivity contribution in [2.75, 3.05) is 4.90 Å². The van der Waals surface area contributed by atoms with E-state index in [1.54, 1.807) is 0 Å². The average Bonchev–Trinajstić information content (AvgIpc) is 3.18. The van der Waals surface area contributed by atoms with Gasteiger partial charge in [0.2, 0.25) is 0 Å². The van der Waals surface area contributed by atoms with Crippen LogP contribution < -0.4 is 4.90 Å². The fourth-order valence-corrected chi connectivity index (χ4v) is 2.80. The number of nitro groups is 2. The smallest absolute Gasteiger partial charge is 0.299 e. The van der Waals surface area contributed by atoms with Crippen LogP contribution in [0.5, 0.6) is 0 Å². The predicted molar refractivity (Wildman–Crippen MR) is 80.9 cm³/mol. The molecule has 1 saturated heterocycles. The molecule has 1 heterocycles. The van der Waals surface area contributed by atoms with Gasteiger partial charge in [0.1, 0.15) is 5.69 Å². The molecule has 0 radical (unpaired) electrons. The molecule has 7 nitrogen and oxygen atoms in total. The van der Waals surface area contributed by atoms with E-state index < -0.39 is 9.85 Å². The second-order valence-electron chi connectivity index (χ2n) is 5.19. The number of rotatable bonds is 4. The molecule has 0 aromatic heterocycles. The van der Waals surface area contributed by atoms with Crippen LogP contribution in [-0.2, 0) is 0 Å². The van der Waals surface area contributed by atoms with Gasteiger partial charge in [0, 0.05) is 6.07 Å². The third-order valence-electron chi connectivity index (χ3n) is 3.89. The first-order valence-electron chi connectivity index (χ1n) is 6.77. The zero-order valence-corrected chi connectivity index (χ0v) is 11.7. The molecule has 0 amide bonds. The van der Waals surface area contributed by atoms with E-state index in [0.717, 1.165) is 11.6 Å². The molecular formula is C15H13N3O4. The number of hydrogen-bond acceptors (Lipinski definition) is 5. The van der Waals surface area contributed by atoms with Crippen LogP contribution in [0.4, 0.5) is 17.1 Å². The number of non-ortho nitro benzene ring substituents is 1. The van der Waals surface area contributed by atoms with E-state index in [9.17, 15) is 20.2 Å². The van der Waals surface area contributed by atoms with E-state index in [2.05, 4.69) is 0 Å². The Kier molecular flexibility index (Phi) is 3.25. The van der Waals surface area contributed by atoms with E-state index >= 15 is 0 Å². The van der Waals surface area contributed by atoms with E-state index in [0.29, 0.717) is 5.69 Å². The second kappa shape index (κ2) is 5.10. The maximum atomic E-state index is 11.2. The zero-order valence-electron chi connectivity index (χ0n) is 11.7. The zero-order chi connectivity index (χ0) is 15.9. The van der Waals surface area contributed by atoms with E-state index in [-0.39, 0.29) is 23.5 Å². The number of nitro benzene ring substituents is 2. The second-order valence-corrected chi connectivity index (χ2v) is 5.19. The monoisotopic (exact) mass is 299 g/mol. The SMILES string of the molecule is C[C@H]1[C@H](c2ccccc2)N1c1ccc([N+](=O)[O-])cc1[N+](=O)[O-]. The summed E-state index contributed by atoms with van der Waals surface area (Å²) in [5, 5.41) is 22.0. The van der Waals surface area contributed by atoms with Crippen LogP contribution in [0.3, 0.4) is 0 Å². The van der Waals surface area contributed by atoms with Gasteiger partial charge in [-0.3, -0.25) is 20.2 Å². The average molecular weight is 299 g/mol. The molecule has 0 bridgehead atoms. The number of anilines is 1. The maximum absolute atomic E-state index is 11.2. The van der Waals surface area contributed by atoms with Crippen molar-refractivity contribution in [2.24, 2.45) is 0 Å². The molecular weight excluding hydrogens is 286 g/mol. The van der Waals surface area contributed by atoms with Crippen LogP contribution in [-0.4, -0.2) is 15.9 Å².